The quantitative estimate of drug-likeness (QED) is 0.528. The summed E-state index contributed by atoms with van der Waals surface area (Å²) >= 11 is 0. The summed E-state index contributed by atoms with van der Waals surface area (Å²) in [5.74, 6) is -0.178. The summed E-state index contributed by atoms with van der Waals surface area (Å²) in [4.78, 5) is 33.5. The molecule has 0 spiro atoms. The normalized spacial score (nSPS) is 18.8. The Balaban J connectivity index is 1.21. The van der Waals surface area contributed by atoms with Gasteiger partial charge in [0.2, 0.25) is 0 Å². The van der Waals surface area contributed by atoms with E-state index < -0.39 is 10.0 Å². The highest BCUT2D eigenvalue weighted by Gasteiger charge is 2.32. The number of fused-ring (bicyclic) bond motifs is 1. The molecule has 2 saturated heterocycles. The topological polar surface area (TPSA) is 118 Å². The Morgan fingerprint density at radius 1 is 1.03 bits per heavy atom. The van der Waals surface area contributed by atoms with Crippen molar-refractivity contribution in [2.75, 3.05) is 37.6 Å². The monoisotopic (exact) mass is 538 g/mol. The number of para-hydroxylation sites is 1. The zero-order chi connectivity index (χ0) is 26.7. The molecule has 0 unspecified atom stereocenters. The summed E-state index contributed by atoms with van der Waals surface area (Å²) in [6, 6.07) is 14.7. The van der Waals surface area contributed by atoms with Gasteiger partial charge in [-0.2, -0.15) is 0 Å². The van der Waals surface area contributed by atoms with E-state index in [-0.39, 0.29) is 29.0 Å². The maximum Gasteiger partial charge on any atom is 0.410 e. The first-order chi connectivity index (χ1) is 18.3. The molecule has 11 heteroatoms. The zero-order valence-electron chi connectivity index (χ0n) is 21.1. The van der Waals surface area contributed by atoms with E-state index in [4.69, 9.17) is 9.47 Å². The molecule has 0 saturated carbocycles. The molecular formula is C27H30N4O6S. The number of carbonyl (C=O) groups excluding carboxylic acids is 2. The SMILES string of the molecule is C[C@@H]1CN(C(=O)OC2CCOCC2)CCN1C(=O)c1ccc(NS(=O)(=O)c2cccc3cccnc23)cc1. The maximum absolute atomic E-state index is 13.2. The smallest absolute Gasteiger partial charge is 0.410 e. The summed E-state index contributed by atoms with van der Waals surface area (Å²) in [5, 5.41) is 0.724. The molecule has 1 aromatic heterocycles. The summed E-state index contributed by atoms with van der Waals surface area (Å²) in [6.07, 6.45) is 2.47. The van der Waals surface area contributed by atoms with Crippen LogP contribution in [0.2, 0.25) is 0 Å². The van der Waals surface area contributed by atoms with Crippen LogP contribution < -0.4 is 4.72 Å². The second kappa shape index (κ2) is 11.0. The molecule has 2 fully saturated rings. The molecule has 0 aliphatic carbocycles. The number of hydrogen-bond donors (Lipinski definition) is 1. The van der Waals surface area contributed by atoms with Gasteiger partial charge in [-0.1, -0.05) is 18.2 Å². The number of piperazine rings is 1. The van der Waals surface area contributed by atoms with Crippen LogP contribution in [0.25, 0.3) is 10.9 Å². The van der Waals surface area contributed by atoms with Crippen LogP contribution in [0, 0.1) is 0 Å². The van der Waals surface area contributed by atoms with Gasteiger partial charge in [-0.15, -0.1) is 0 Å². The average Bonchev–Trinajstić information content (AvgIpc) is 2.93. The third-order valence-corrected chi connectivity index (χ3v) is 8.26. The van der Waals surface area contributed by atoms with Crippen LogP contribution >= 0.6 is 0 Å². The number of anilines is 1. The number of sulfonamides is 1. The predicted molar refractivity (Wildman–Crippen MR) is 141 cm³/mol. The van der Waals surface area contributed by atoms with Crippen molar-refractivity contribution in [3.63, 3.8) is 0 Å². The first-order valence-electron chi connectivity index (χ1n) is 12.6. The molecule has 200 valence electrons. The molecule has 2 aliphatic rings. The van der Waals surface area contributed by atoms with Crippen molar-refractivity contribution in [2.24, 2.45) is 0 Å². The number of carbonyl (C=O) groups is 2. The van der Waals surface area contributed by atoms with E-state index in [1.54, 1.807) is 64.5 Å². The largest absolute Gasteiger partial charge is 0.446 e. The van der Waals surface area contributed by atoms with Crippen molar-refractivity contribution in [1.29, 1.82) is 0 Å². The Morgan fingerprint density at radius 3 is 2.50 bits per heavy atom. The summed E-state index contributed by atoms with van der Waals surface area (Å²) in [6.45, 7) is 4.23. The molecule has 1 N–H and O–H groups in total. The maximum atomic E-state index is 13.2. The number of nitrogens with one attached hydrogen (secondary N) is 1. The number of aromatic nitrogens is 1. The van der Waals surface area contributed by atoms with Crippen molar-refractivity contribution in [2.45, 2.75) is 36.8 Å². The molecular weight excluding hydrogens is 508 g/mol. The molecule has 2 aliphatic heterocycles. The highest BCUT2D eigenvalue weighted by atomic mass is 32.2. The number of ether oxygens (including phenoxy) is 2. The van der Waals surface area contributed by atoms with E-state index in [2.05, 4.69) is 9.71 Å². The molecule has 5 rings (SSSR count). The summed E-state index contributed by atoms with van der Waals surface area (Å²) < 4.78 is 39.6. The van der Waals surface area contributed by atoms with Crippen LogP contribution in [0.5, 0.6) is 0 Å². The molecule has 2 aromatic carbocycles. The van der Waals surface area contributed by atoms with Crippen LogP contribution in [-0.4, -0.2) is 80.2 Å². The predicted octanol–water partition coefficient (Wildman–Crippen LogP) is 3.50. The van der Waals surface area contributed by atoms with Crippen LogP contribution in [0.15, 0.2) is 65.7 Å². The number of hydrogen-bond acceptors (Lipinski definition) is 7. The Morgan fingerprint density at radius 2 is 1.76 bits per heavy atom. The number of amides is 2. The Labute approximate surface area is 221 Å². The number of rotatable bonds is 5. The third kappa shape index (κ3) is 5.58. The fourth-order valence-corrected chi connectivity index (χ4v) is 6.03. The molecule has 10 nitrogen and oxygen atoms in total. The van der Waals surface area contributed by atoms with Crippen molar-refractivity contribution in [1.82, 2.24) is 14.8 Å². The van der Waals surface area contributed by atoms with Gasteiger partial charge in [0.05, 0.1) is 18.7 Å². The fourth-order valence-electron chi connectivity index (χ4n) is 4.79. The zero-order valence-corrected chi connectivity index (χ0v) is 21.9. The van der Waals surface area contributed by atoms with Gasteiger partial charge in [0.25, 0.3) is 15.9 Å². The van der Waals surface area contributed by atoms with Gasteiger partial charge in [-0.3, -0.25) is 14.5 Å². The van der Waals surface area contributed by atoms with Crippen molar-refractivity contribution in [3.05, 3.63) is 66.4 Å². The second-order valence-corrected chi connectivity index (χ2v) is 11.2. The molecule has 0 bridgehead atoms. The molecule has 3 heterocycles. The average molecular weight is 539 g/mol. The van der Waals surface area contributed by atoms with Gasteiger partial charge < -0.3 is 19.3 Å². The molecule has 1 atom stereocenters. The molecule has 3 aromatic rings. The highest BCUT2D eigenvalue weighted by molar-refractivity contribution is 7.93. The van der Waals surface area contributed by atoms with E-state index in [0.29, 0.717) is 62.5 Å². The van der Waals surface area contributed by atoms with E-state index >= 15 is 0 Å². The van der Waals surface area contributed by atoms with Crippen LogP contribution in [0.3, 0.4) is 0 Å². The Kier molecular flexibility index (Phi) is 7.48. The highest BCUT2D eigenvalue weighted by Crippen LogP contribution is 2.24. The third-order valence-electron chi connectivity index (χ3n) is 6.85. The lowest BCUT2D eigenvalue weighted by atomic mass is 10.1. The van der Waals surface area contributed by atoms with Crippen LogP contribution in [0.1, 0.15) is 30.1 Å². The lowest BCUT2D eigenvalue weighted by molar-refractivity contribution is -0.0173. The summed E-state index contributed by atoms with van der Waals surface area (Å²) in [5.41, 5.74) is 1.16. The van der Waals surface area contributed by atoms with Crippen LogP contribution in [-0.2, 0) is 19.5 Å². The second-order valence-electron chi connectivity index (χ2n) is 9.50. The minimum atomic E-state index is -3.89. The van der Waals surface area contributed by atoms with Gasteiger partial charge in [0, 0.05) is 61.4 Å². The van der Waals surface area contributed by atoms with Gasteiger partial charge in [-0.05, 0) is 43.3 Å². The van der Waals surface area contributed by atoms with E-state index in [1.165, 1.54) is 6.07 Å². The van der Waals surface area contributed by atoms with Crippen molar-refractivity contribution in [3.8, 4) is 0 Å². The van der Waals surface area contributed by atoms with Crippen LogP contribution in [0.4, 0.5) is 10.5 Å². The lowest BCUT2D eigenvalue weighted by Gasteiger charge is -2.40. The fraction of sp³-hybridized carbons (Fsp3) is 0.370. The van der Waals surface area contributed by atoms with Gasteiger partial charge in [-0.25, -0.2) is 13.2 Å². The van der Waals surface area contributed by atoms with E-state index in [0.717, 1.165) is 5.39 Å². The number of pyridine rings is 1. The van der Waals surface area contributed by atoms with E-state index in [9.17, 15) is 18.0 Å². The number of nitrogens with zero attached hydrogens (tertiary/aromatic N) is 3. The van der Waals surface area contributed by atoms with Crippen molar-refractivity contribution < 1.29 is 27.5 Å². The molecule has 38 heavy (non-hydrogen) atoms. The lowest BCUT2D eigenvalue weighted by Crippen LogP contribution is -2.55. The van der Waals surface area contributed by atoms with Gasteiger partial charge in [0.15, 0.2) is 0 Å². The first kappa shape index (κ1) is 25.9. The Hall–Kier alpha value is -3.70. The van der Waals surface area contributed by atoms with Gasteiger partial charge in [0.1, 0.15) is 11.0 Å². The first-order valence-corrected chi connectivity index (χ1v) is 14.1. The van der Waals surface area contributed by atoms with Gasteiger partial charge >= 0.3 is 6.09 Å². The van der Waals surface area contributed by atoms with Crippen molar-refractivity contribution >= 4 is 38.6 Å². The number of benzene rings is 2. The molecule has 0 radical (unpaired) electrons. The molecule has 2 amide bonds. The summed E-state index contributed by atoms with van der Waals surface area (Å²) in [7, 11) is -3.89. The minimum absolute atomic E-state index is 0.0813. The minimum Gasteiger partial charge on any atom is -0.446 e. The Bertz CT molecular complexity index is 1420. The standard InChI is InChI=1S/C27H30N4O6S/c1-19-18-30(27(33)37-23-11-16-36-17-12-23)14-15-31(19)26(32)21-7-9-22(10-8-21)29-38(34,35)24-6-2-4-20-5-3-13-28-25(20)24/h2-10,13,19,23,29H,11-12,14-18H2,1H3/t19-/m1/s1. The van der Waals surface area contributed by atoms with E-state index in [1.807, 2.05) is 6.92 Å².